The van der Waals surface area contributed by atoms with Crippen LogP contribution in [0.4, 0.5) is 5.82 Å². The van der Waals surface area contributed by atoms with E-state index >= 15 is 0 Å². The maximum Gasteiger partial charge on any atom is 0.130 e. The van der Waals surface area contributed by atoms with Gasteiger partial charge in [0, 0.05) is 12.0 Å². The largest absolute Gasteiger partial charge is 0.379 e. The van der Waals surface area contributed by atoms with Gasteiger partial charge in [0.05, 0.1) is 19.3 Å². The first-order valence-electron chi connectivity index (χ1n) is 5.11. The van der Waals surface area contributed by atoms with E-state index < -0.39 is 0 Å². The van der Waals surface area contributed by atoms with Gasteiger partial charge in [0.15, 0.2) is 0 Å². The molecule has 0 aromatic carbocycles. The van der Waals surface area contributed by atoms with Crippen molar-refractivity contribution in [1.29, 1.82) is 0 Å². The molecule has 1 aliphatic heterocycles. The first kappa shape index (κ1) is 10.8. The van der Waals surface area contributed by atoms with Crippen molar-refractivity contribution in [2.24, 2.45) is 5.92 Å². The van der Waals surface area contributed by atoms with E-state index in [1.165, 1.54) is 0 Å². The Morgan fingerprint density at radius 2 is 2.40 bits per heavy atom. The third-order valence-corrected chi connectivity index (χ3v) is 3.12. The molecule has 1 fully saturated rings. The molecule has 2 rings (SSSR count). The Morgan fingerprint density at radius 3 is 3.13 bits per heavy atom. The van der Waals surface area contributed by atoms with E-state index in [1.54, 1.807) is 6.33 Å². The van der Waals surface area contributed by atoms with E-state index in [9.17, 15) is 0 Å². The number of halogens is 1. The summed E-state index contributed by atoms with van der Waals surface area (Å²) in [5, 5.41) is 3.38. The Labute approximate surface area is 97.6 Å². The Kier molecular flexibility index (Phi) is 3.53. The van der Waals surface area contributed by atoms with Gasteiger partial charge in [0.2, 0.25) is 0 Å². The van der Waals surface area contributed by atoms with Crippen LogP contribution in [0.15, 0.2) is 17.0 Å². The fourth-order valence-corrected chi connectivity index (χ4v) is 2.07. The number of hydrogen-bond acceptors (Lipinski definition) is 4. The molecule has 0 aliphatic carbocycles. The zero-order valence-electron chi connectivity index (χ0n) is 8.61. The lowest BCUT2D eigenvalue weighted by Crippen LogP contribution is -2.27. The average Bonchev–Trinajstić information content (AvgIpc) is 2.65. The van der Waals surface area contributed by atoms with E-state index in [0.29, 0.717) is 12.0 Å². The molecule has 1 aromatic heterocycles. The molecule has 15 heavy (non-hydrogen) atoms. The molecule has 2 atom stereocenters. The third-order valence-electron chi connectivity index (χ3n) is 2.69. The van der Waals surface area contributed by atoms with Crippen molar-refractivity contribution >= 4 is 21.7 Å². The fraction of sp³-hybridized carbons (Fsp3) is 0.600. The van der Waals surface area contributed by atoms with Gasteiger partial charge in [-0.2, -0.15) is 0 Å². The summed E-state index contributed by atoms with van der Waals surface area (Å²) >= 11 is 3.32. The molecule has 0 radical (unpaired) electrons. The predicted molar refractivity (Wildman–Crippen MR) is 61.7 cm³/mol. The smallest absolute Gasteiger partial charge is 0.130 e. The Morgan fingerprint density at radius 1 is 1.53 bits per heavy atom. The number of nitrogens with one attached hydrogen (secondary N) is 1. The van der Waals surface area contributed by atoms with Crippen LogP contribution in [-0.2, 0) is 4.74 Å². The molecule has 2 unspecified atom stereocenters. The van der Waals surface area contributed by atoms with Crippen LogP contribution in [0, 0.1) is 5.92 Å². The van der Waals surface area contributed by atoms with E-state index in [0.717, 1.165) is 30.1 Å². The summed E-state index contributed by atoms with van der Waals surface area (Å²) in [6.07, 6.45) is 2.67. The van der Waals surface area contributed by atoms with Crippen molar-refractivity contribution < 1.29 is 4.74 Å². The van der Waals surface area contributed by atoms with Crippen LogP contribution in [0.25, 0.3) is 0 Å². The molecule has 4 nitrogen and oxygen atoms in total. The lowest BCUT2D eigenvalue weighted by atomic mass is 10.0. The molecular weight excluding hydrogens is 258 g/mol. The highest BCUT2D eigenvalue weighted by Gasteiger charge is 2.26. The second-order valence-electron chi connectivity index (χ2n) is 3.68. The SMILES string of the molecule is CCC1COCC1Nc1cc(Br)ncn1. The first-order valence-corrected chi connectivity index (χ1v) is 5.90. The standard InChI is InChI=1S/C10H14BrN3O/c1-2-7-4-15-5-8(7)14-10-3-9(11)12-6-13-10/h3,6-8H,2,4-5H2,1H3,(H,12,13,14). The number of nitrogens with zero attached hydrogens (tertiary/aromatic N) is 2. The number of hydrogen-bond donors (Lipinski definition) is 1. The minimum atomic E-state index is 0.372. The Hall–Kier alpha value is -0.680. The summed E-state index contributed by atoms with van der Waals surface area (Å²) in [7, 11) is 0. The fourth-order valence-electron chi connectivity index (χ4n) is 1.76. The molecule has 0 spiro atoms. The van der Waals surface area contributed by atoms with Gasteiger partial charge < -0.3 is 10.1 Å². The van der Waals surface area contributed by atoms with Crippen molar-refractivity contribution in [3.8, 4) is 0 Å². The van der Waals surface area contributed by atoms with Crippen LogP contribution in [0.5, 0.6) is 0 Å². The number of anilines is 1. The van der Waals surface area contributed by atoms with E-state index in [2.05, 4.69) is 38.1 Å². The minimum Gasteiger partial charge on any atom is -0.379 e. The monoisotopic (exact) mass is 271 g/mol. The van der Waals surface area contributed by atoms with Crippen molar-refractivity contribution in [3.63, 3.8) is 0 Å². The zero-order chi connectivity index (χ0) is 10.7. The molecule has 2 heterocycles. The van der Waals surface area contributed by atoms with E-state index in [1.807, 2.05) is 6.07 Å². The molecular formula is C10H14BrN3O. The quantitative estimate of drug-likeness (QED) is 0.856. The Balaban J connectivity index is 2.02. The van der Waals surface area contributed by atoms with Gasteiger partial charge in [0.25, 0.3) is 0 Å². The molecule has 1 aromatic rings. The first-order chi connectivity index (χ1) is 7.29. The number of rotatable bonds is 3. The molecule has 0 amide bonds. The third kappa shape index (κ3) is 2.66. The lowest BCUT2D eigenvalue weighted by molar-refractivity contribution is 0.184. The van der Waals surface area contributed by atoms with Crippen LogP contribution in [0.2, 0.25) is 0 Å². The summed E-state index contributed by atoms with van der Waals surface area (Å²) in [6.45, 7) is 3.80. The highest BCUT2D eigenvalue weighted by molar-refractivity contribution is 9.10. The molecule has 82 valence electrons. The molecule has 5 heteroatoms. The molecule has 1 aliphatic rings. The second kappa shape index (κ2) is 4.90. The van der Waals surface area contributed by atoms with Gasteiger partial charge in [-0.15, -0.1) is 0 Å². The second-order valence-corrected chi connectivity index (χ2v) is 4.50. The lowest BCUT2D eigenvalue weighted by Gasteiger charge is -2.17. The minimum absolute atomic E-state index is 0.372. The van der Waals surface area contributed by atoms with Gasteiger partial charge in [-0.25, -0.2) is 9.97 Å². The van der Waals surface area contributed by atoms with Crippen LogP contribution in [0.1, 0.15) is 13.3 Å². The maximum atomic E-state index is 5.45. The zero-order valence-corrected chi connectivity index (χ0v) is 10.2. The number of ether oxygens (including phenoxy) is 1. The summed E-state index contributed by atoms with van der Waals surface area (Å²) in [5.41, 5.74) is 0. The highest BCUT2D eigenvalue weighted by atomic mass is 79.9. The van der Waals surface area contributed by atoms with Gasteiger partial charge >= 0.3 is 0 Å². The molecule has 1 N–H and O–H groups in total. The molecule has 0 bridgehead atoms. The van der Waals surface area contributed by atoms with Crippen LogP contribution < -0.4 is 5.32 Å². The normalized spacial score (nSPS) is 25.5. The average molecular weight is 272 g/mol. The van der Waals surface area contributed by atoms with Gasteiger partial charge in [-0.05, 0) is 22.4 Å². The predicted octanol–water partition coefficient (Wildman–Crippen LogP) is 2.08. The van der Waals surface area contributed by atoms with Crippen LogP contribution >= 0.6 is 15.9 Å². The highest BCUT2D eigenvalue weighted by Crippen LogP contribution is 2.21. The Bertz CT molecular complexity index is 334. The number of aromatic nitrogens is 2. The maximum absolute atomic E-state index is 5.45. The van der Waals surface area contributed by atoms with Crippen LogP contribution in [0.3, 0.4) is 0 Å². The molecule has 0 saturated carbocycles. The van der Waals surface area contributed by atoms with Crippen molar-refractivity contribution in [2.45, 2.75) is 19.4 Å². The van der Waals surface area contributed by atoms with Gasteiger partial charge in [0.1, 0.15) is 16.7 Å². The van der Waals surface area contributed by atoms with Gasteiger partial charge in [-0.1, -0.05) is 6.92 Å². The summed E-state index contributed by atoms with van der Waals surface area (Å²) in [5.74, 6) is 1.43. The summed E-state index contributed by atoms with van der Waals surface area (Å²) < 4.78 is 6.24. The van der Waals surface area contributed by atoms with Crippen molar-refractivity contribution in [2.75, 3.05) is 18.5 Å². The summed E-state index contributed by atoms with van der Waals surface area (Å²) in [4.78, 5) is 8.15. The summed E-state index contributed by atoms with van der Waals surface area (Å²) in [6, 6.07) is 2.25. The van der Waals surface area contributed by atoms with Crippen molar-refractivity contribution in [3.05, 3.63) is 17.0 Å². The van der Waals surface area contributed by atoms with Crippen molar-refractivity contribution in [1.82, 2.24) is 9.97 Å². The van der Waals surface area contributed by atoms with E-state index in [-0.39, 0.29) is 0 Å². The van der Waals surface area contributed by atoms with Gasteiger partial charge in [-0.3, -0.25) is 0 Å². The topological polar surface area (TPSA) is 47.0 Å². The van der Waals surface area contributed by atoms with E-state index in [4.69, 9.17) is 4.74 Å². The van der Waals surface area contributed by atoms with Crippen LogP contribution in [-0.4, -0.2) is 29.2 Å². The molecule has 1 saturated heterocycles.